The molecule has 1 aromatic heterocycles. The first-order valence-corrected chi connectivity index (χ1v) is 6.79. The Morgan fingerprint density at radius 3 is 3.20 bits per heavy atom. The number of benzene rings is 1. The summed E-state index contributed by atoms with van der Waals surface area (Å²) in [7, 11) is 1.70. The number of nitrogens with zero attached hydrogens (tertiary/aromatic N) is 2. The lowest BCUT2D eigenvalue weighted by atomic mass is 10.1. The molecule has 0 amide bonds. The average Bonchev–Trinajstić information content (AvgIpc) is 3.05. The number of hydrogen-bond donors (Lipinski definition) is 1. The van der Waals surface area contributed by atoms with E-state index in [1.807, 2.05) is 30.6 Å². The number of aromatic nitrogens is 2. The summed E-state index contributed by atoms with van der Waals surface area (Å²) in [4.78, 5) is 4.40. The van der Waals surface area contributed by atoms with Crippen molar-refractivity contribution in [2.45, 2.75) is 19.0 Å². The number of ether oxygens (including phenoxy) is 2. The van der Waals surface area contributed by atoms with Gasteiger partial charge in [0, 0.05) is 31.1 Å². The van der Waals surface area contributed by atoms with Crippen molar-refractivity contribution < 1.29 is 9.47 Å². The second-order valence-electron chi connectivity index (χ2n) is 5.02. The molecule has 106 valence electrons. The molecule has 5 heteroatoms. The quantitative estimate of drug-likeness (QED) is 0.908. The van der Waals surface area contributed by atoms with E-state index < -0.39 is 0 Å². The zero-order valence-electron chi connectivity index (χ0n) is 11.7. The Kier molecular flexibility index (Phi) is 3.60. The van der Waals surface area contributed by atoms with Crippen LogP contribution in [-0.2, 0) is 4.74 Å². The van der Waals surface area contributed by atoms with Gasteiger partial charge < -0.3 is 19.4 Å². The van der Waals surface area contributed by atoms with Crippen molar-refractivity contribution in [1.82, 2.24) is 9.55 Å². The number of fused-ring (bicyclic) bond motifs is 1. The summed E-state index contributed by atoms with van der Waals surface area (Å²) in [5.41, 5.74) is 1.20. The van der Waals surface area contributed by atoms with Crippen molar-refractivity contribution in [2.75, 3.05) is 25.6 Å². The SMILES string of the molecule is COCC(C)Nc1nccn1C1COc2ccccc21. The number of rotatable bonds is 5. The summed E-state index contributed by atoms with van der Waals surface area (Å²) >= 11 is 0. The van der Waals surface area contributed by atoms with Crippen molar-refractivity contribution in [3.8, 4) is 5.75 Å². The van der Waals surface area contributed by atoms with Crippen LogP contribution in [0, 0.1) is 0 Å². The molecule has 2 heterocycles. The first-order chi connectivity index (χ1) is 9.79. The summed E-state index contributed by atoms with van der Waals surface area (Å²) in [5, 5.41) is 3.37. The van der Waals surface area contributed by atoms with Crippen LogP contribution in [0.1, 0.15) is 18.5 Å². The number of methoxy groups -OCH3 is 1. The molecule has 0 spiro atoms. The van der Waals surface area contributed by atoms with E-state index in [1.54, 1.807) is 7.11 Å². The van der Waals surface area contributed by atoms with Crippen LogP contribution >= 0.6 is 0 Å². The molecule has 20 heavy (non-hydrogen) atoms. The standard InChI is InChI=1S/C15H19N3O2/c1-11(9-19-2)17-15-16-7-8-18(15)13-10-20-14-6-4-3-5-12(13)14/h3-8,11,13H,9-10H2,1-2H3,(H,16,17). The number of para-hydroxylation sites is 1. The monoisotopic (exact) mass is 273 g/mol. The number of nitrogens with one attached hydrogen (secondary N) is 1. The molecule has 2 unspecified atom stereocenters. The fraction of sp³-hybridized carbons (Fsp3) is 0.400. The molecule has 1 N–H and O–H groups in total. The molecule has 2 aromatic rings. The molecular weight excluding hydrogens is 254 g/mol. The smallest absolute Gasteiger partial charge is 0.203 e. The molecule has 0 radical (unpaired) electrons. The van der Waals surface area contributed by atoms with Crippen LogP contribution in [0.15, 0.2) is 36.7 Å². The Bertz CT molecular complexity index is 582. The van der Waals surface area contributed by atoms with Crippen molar-refractivity contribution in [1.29, 1.82) is 0 Å². The highest BCUT2D eigenvalue weighted by atomic mass is 16.5. The lowest BCUT2D eigenvalue weighted by Crippen LogP contribution is -2.24. The fourth-order valence-electron chi connectivity index (χ4n) is 2.56. The van der Waals surface area contributed by atoms with Gasteiger partial charge in [-0.2, -0.15) is 0 Å². The summed E-state index contributed by atoms with van der Waals surface area (Å²) in [6, 6.07) is 8.53. The molecule has 2 atom stereocenters. The molecule has 1 aliphatic rings. The molecule has 1 aliphatic heterocycles. The molecule has 1 aromatic carbocycles. The maximum atomic E-state index is 5.74. The van der Waals surface area contributed by atoms with E-state index in [9.17, 15) is 0 Å². The van der Waals surface area contributed by atoms with Crippen LogP contribution in [-0.4, -0.2) is 35.9 Å². The minimum Gasteiger partial charge on any atom is -0.491 e. The van der Waals surface area contributed by atoms with Crippen molar-refractivity contribution in [2.24, 2.45) is 0 Å². The third-order valence-electron chi connectivity index (χ3n) is 3.47. The molecule has 0 saturated heterocycles. The van der Waals surface area contributed by atoms with Crippen LogP contribution in [0.3, 0.4) is 0 Å². The summed E-state index contributed by atoms with van der Waals surface area (Å²) in [6.45, 7) is 3.36. The van der Waals surface area contributed by atoms with Gasteiger partial charge in [-0.25, -0.2) is 4.98 Å². The molecule has 0 fully saturated rings. The first kappa shape index (κ1) is 13.0. The maximum absolute atomic E-state index is 5.74. The highest BCUT2D eigenvalue weighted by Crippen LogP contribution is 2.35. The highest BCUT2D eigenvalue weighted by molar-refractivity contribution is 5.42. The number of imidazole rings is 1. The highest BCUT2D eigenvalue weighted by Gasteiger charge is 2.26. The molecule has 0 bridgehead atoms. The first-order valence-electron chi connectivity index (χ1n) is 6.79. The van der Waals surface area contributed by atoms with Crippen molar-refractivity contribution >= 4 is 5.95 Å². The largest absolute Gasteiger partial charge is 0.491 e. The molecule has 3 rings (SSSR count). The maximum Gasteiger partial charge on any atom is 0.203 e. The Hall–Kier alpha value is -2.01. The minimum atomic E-state index is 0.172. The fourth-order valence-corrected chi connectivity index (χ4v) is 2.56. The van der Waals surface area contributed by atoms with Crippen LogP contribution < -0.4 is 10.1 Å². The molecule has 5 nitrogen and oxygen atoms in total. The van der Waals surface area contributed by atoms with Gasteiger partial charge in [-0.3, -0.25) is 0 Å². The van der Waals surface area contributed by atoms with Crippen LogP contribution in [0.25, 0.3) is 0 Å². The minimum absolute atomic E-state index is 0.172. The number of hydrogen-bond acceptors (Lipinski definition) is 4. The zero-order valence-corrected chi connectivity index (χ0v) is 11.7. The van der Waals surface area contributed by atoms with Gasteiger partial charge in [0.25, 0.3) is 0 Å². The lowest BCUT2D eigenvalue weighted by Gasteiger charge is -2.18. The third kappa shape index (κ3) is 2.36. The van der Waals surface area contributed by atoms with Crippen LogP contribution in [0.5, 0.6) is 5.75 Å². The summed E-state index contributed by atoms with van der Waals surface area (Å²) in [6.07, 6.45) is 3.79. The lowest BCUT2D eigenvalue weighted by molar-refractivity contribution is 0.190. The van der Waals surface area contributed by atoms with Gasteiger partial charge in [0.15, 0.2) is 0 Å². The Morgan fingerprint density at radius 1 is 1.50 bits per heavy atom. The van der Waals surface area contributed by atoms with Gasteiger partial charge in [0.2, 0.25) is 5.95 Å². The molecule has 0 saturated carbocycles. The second kappa shape index (κ2) is 5.54. The van der Waals surface area contributed by atoms with Crippen molar-refractivity contribution in [3.63, 3.8) is 0 Å². The van der Waals surface area contributed by atoms with Crippen molar-refractivity contribution in [3.05, 3.63) is 42.2 Å². The van der Waals surface area contributed by atoms with E-state index >= 15 is 0 Å². The van der Waals surface area contributed by atoms with Crippen LogP contribution in [0.2, 0.25) is 0 Å². The summed E-state index contributed by atoms with van der Waals surface area (Å²) < 4.78 is 13.0. The summed E-state index contributed by atoms with van der Waals surface area (Å²) in [5.74, 6) is 1.81. The van der Waals surface area contributed by atoms with E-state index in [0.717, 1.165) is 11.7 Å². The van der Waals surface area contributed by atoms with Gasteiger partial charge in [-0.15, -0.1) is 0 Å². The van der Waals surface area contributed by atoms with E-state index in [-0.39, 0.29) is 12.1 Å². The zero-order chi connectivity index (χ0) is 13.9. The Balaban J connectivity index is 1.84. The molecule has 0 aliphatic carbocycles. The number of anilines is 1. The van der Waals surface area contributed by atoms with Crippen LogP contribution in [0.4, 0.5) is 5.95 Å². The van der Waals surface area contributed by atoms with E-state index in [1.165, 1.54) is 5.56 Å². The van der Waals surface area contributed by atoms with E-state index in [0.29, 0.717) is 13.2 Å². The Labute approximate surface area is 118 Å². The van der Waals surface area contributed by atoms with E-state index in [2.05, 4.69) is 27.9 Å². The molecular formula is C15H19N3O2. The predicted octanol–water partition coefficient (Wildman–Crippen LogP) is 2.31. The van der Waals surface area contributed by atoms with Gasteiger partial charge in [-0.05, 0) is 13.0 Å². The second-order valence-corrected chi connectivity index (χ2v) is 5.02. The van der Waals surface area contributed by atoms with E-state index in [4.69, 9.17) is 9.47 Å². The predicted molar refractivity (Wildman–Crippen MR) is 77.3 cm³/mol. The third-order valence-corrected chi connectivity index (χ3v) is 3.47. The Morgan fingerprint density at radius 2 is 2.35 bits per heavy atom. The van der Waals surface area contributed by atoms with Gasteiger partial charge in [-0.1, -0.05) is 18.2 Å². The van der Waals surface area contributed by atoms with Gasteiger partial charge >= 0.3 is 0 Å². The average molecular weight is 273 g/mol. The van der Waals surface area contributed by atoms with Gasteiger partial charge in [0.05, 0.1) is 12.6 Å². The van der Waals surface area contributed by atoms with Gasteiger partial charge in [0.1, 0.15) is 12.4 Å². The normalized spacial score (nSPS) is 18.4. The topological polar surface area (TPSA) is 48.3 Å².